The van der Waals surface area contributed by atoms with Gasteiger partial charge in [-0.2, -0.15) is 9.98 Å². The van der Waals surface area contributed by atoms with Crippen LogP contribution < -0.4 is 10.7 Å². The number of amides is 2. The van der Waals surface area contributed by atoms with E-state index in [2.05, 4.69) is 9.98 Å². The number of phenolic OH excluding ortho intramolecular Hbond substituents is 2. The van der Waals surface area contributed by atoms with Crippen molar-refractivity contribution in [3.8, 4) is 11.5 Å². The minimum atomic E-state index is -0.720. The van der Waals surface area contributed by atoms with Crippen LogP contribution in [0.15, 0.2) is 56.2 Å². The molecule has 5 nitrogen and oxygen atoms in total. The molecule has 2 amide bonds. The third-order valence-electron chi connectivity index (χ3n) is 2.58. The summed E-state index contributed by atoms with van der Waals surface area (Å²) in [5, 5.41) is 19.9. The van der Waals surface area contributed by atoms with E-state index in [1.807, 2.05) is 30.3 Å². The number of hydrogen-bond acceptors (Lipinski definition) is 4. The Morgan fingerprint density at radius 3 is 2.42 bits per heavy atom. The smallest absolute Gasteiger partial charge is 0.368 e. The number of benzene rings is 2. The van der Waals surface area contributed by atoms with Gasteiger partial charge in [0.25, 0.3) is 0 Å². The summed E-state index contributed by atoms with van der Waals surface area (Å²) in [7, 11) is 0. The van der Waals surface area contributed by atoms with Gasteiger partial charge < -0.3 is 10.2 Å². The van der Waals surface area contributed by atoms with Gasteiger partial charge in [-0.3, -0.25) is 0 Å². The monoisotopic (exact) mass is 272 g/mol. The van der Waals surface area contributed by atoms with Gasteiger partial charge in [0.15, 0.2) is 5.75 Å². The Bertz CT molecular complexity index is 788. The molecule has 0 aliphatic carbocycles. The molecule has 1 aliphatic rings. The molecule has 2 aromatic carbocycles. The van der Waals surface area contributed by atoms with Gasteiger partial charge in [0.05, 0.1) is 4.90 Å². The van der Waals surface area contributed by atoms with Gasteiger partial charge in [0.1, 0.15) is 16.5 Å². The Balaban J connectivity index is 2.14. The maximum atomic E-state index is 11.1. The van der Waals surface area contributed by atoms with Crippen molar-refractivity contribution in [3.05, 3.63) is 47.1 Å². The average molecular weight is 272 g/mol. The topological polar surface area (TPSA) is 82.2 Å². The van der Waals surface area contributed by atoms with Crippen molar-refractivity contribution in [2.75, 3.05) is 0 Å². The van der Waals surface area contributed by atoms with Crippen molar-refractivity contribution < 1.29 is 15.0 Å². The fraction of sp³-hybridized carbons (Fsp3) is 0. The zero-order chi connectivity index (χ0) is 13.4. The highest BCUT2D eigenvalue weighted by Gasteiger charge is 2.17. The molecule has 1 heterocycles. The van der Waals surface area contributed by atoms with Crippen LogP contribution in [0.1, 0.15) is 0 Å². The van der Waals surface area contributed by atoms with Crippen LogP contribution in [-0.2, 0) is 0 Å². The van der Waals surface area contributed by atoms with E-state index in [0.717, 1.165) is 4.90 Å². The Labute approximate surface area is 112 Å². The minimum Gasteiger partial charge on any atom is -0.506 e. The van der Waals surface area contributed by atoms with Crippen LogP contribution >= 0.6 is 11.8 Å². The number of hydrogen-bond donors (Lipinski definition) is 2. The molecule has 2 aromatic rings. The van der Waals surface area contributed by atoms with Crippen molar-refractivity contribution in [2.45, 2.75) is 9.79 Å². The molecule has 2 N–H and O–H groups in total. The normalized spacial score (nSPS) is 12.7. The highest BCUT2D eigenvalue weighted by molar-refractivity contribution is 7.99. The number of carbonyl (C=O) groups is 1. The first-order valence-electron chi connectivity index (χ1n) is 5.44. The van der Waals surface area contributed by atoms with E-state index in [1.54, 1.807) is 0 Å². The van der Waals surface area contributed by atoms with Crippen molar-refractivity contribution >= 4 is 17.8 Å². The lowest BCUT2D eigenvalue weighted by atomic mass is 10.3. The molecule has 94 valence electrons. The molecule has 0 saturated heterocycles. The highest BCUT2D eigenvalue weighted by atomic mass is 32.2. The van der Waals surface area contributed by atoms with Crippen LogP contribution in [0.25, 0.3) is 0 Å². The predicted molar refractivity (Wildman–Crippen MR) is 68.0 cm³/mol. The zero-order valence-electron chi connectivity index (χ0n) is 9.57. The van der Waals surface area contributed by atoms with Crippen LogP contribution in [0, 0.1) is 0 Å². The standard InChI is InChI=1S/C13H8N2O3S/c16-8-6-9(19-7-4-2-1-3-5-7)12(17)11-10(8)14-13(18)15-11/h1-6,16-17H. The van der Waals surface area contributed by atoms with Crippen LogP contribution in [0.2, 0.25) is 0 Å². The number of urea groups is 1. The van der Waals surface area contributed by atoms with Crippen LogP contribution in [0.4, 0.5) is 4.79 Å². The lowest BCUT2D eigenvalue weighted by molar-refractivity contribution is 0.256. The highest BCUT2D eigenvalue weighted by Crippen LogP contribution is 2.33. The Hall–Kier alpha value is -2.34. The summed E-state index contributed by atoms with van der Waals surface area (Å²) in [6, 6.07) is 10.0. The van der Waals surface area contributed by atoms with Crippen LogP contribution in [0.3, 0.4) is 0 Å². The van der Waals surface area contributed by atoms with Gasteiger partial charge in [-0.05, 0) is 18.2 Å². The van der Waals surface area contributed by atoms with Crippen molar-refractivity contribution in [1.82, 2.24) is 0 Å². The second kappa shape index (κ2) is 4.40. The number of nitrogens with zero attached hydrogens (tertiary/aromatic N) is 2. The number of rotatable bonds is 2. The molecule has 0 unspecified atom stereocenters. The Morgan fingerprint density at radius 2 is 1.68 bits per heavy atom. The first kappa shape index (κ1) is 11.7. The summed E-state index contributed by atoms with van der Waals surface area (Å²) in [5.74, 6) is -0.308. The van der Waals surface area contributed by atoms with Gasteiger partial charge in [0, 0.05) is 4.90 Å². The largest absolute Gasteiger partial charge is 0.506 e. The second-order valence-corrected chi connectivity index (χ2v) is 4.98. The summed E-state index contributed by atoms with van der Waals surface area (Å²) in [4.78, 5) is 19.6. The summed E-state index contributed by atoms with van der Waals surface area (Å²) in [6.07, 6.45) is 0. The molecule has 0 saturated carbocycles. The van der Waals surface area contributed by atoms with E-state index in [-0.39, 0.29) is 22.2 Å². The zero-order valence-corrected chi connectivity index (χ0v) is 10.4. The van der Waals surface area contributed by atoms with Gasteiger partial charge in [0.2, 0.25) is 0 Å². The van der Waals surface area contributed by atoms with E-state index < -0.39 is 6.03 Å². The lowest BCUT2D eigenvalue weighted by Crippen LogP contribution is -2.22. The molecule has 19 heavy (non-hydrogen) atoms. The minimum absolute atomic E-state index is 0.0277. The Morgan fingerprint density at radius 1 is 1.00 bits per heavy atom. The third kappa shape index (κ3) is 2.06. The van der Waals surface area contributed by atoms with Crippen LogP contribution in [0.5, 0.6) is 11.5 Å². The van der Waals surface area contributed by atoms with Crippen molar-refractivity contribution in [3.63, 3.8) is 0 Å². The Kier molecular flexibility index (Phi) is 2.72. The van der Waals surface area contributed by atoms with E-state index >= 15 is 0 Å². The maximum Gasteiger partial charge on any atom is 0.368 e. The quantitative estimate of drug-likeness (QED) is 0.814. The molecule has 0 bridgehead atoms. The molecule has 0 aromatic heterocycles. The van der Waals surface area contributed by atoms with Crippen molar-refractivity contribution in [1.29, 1.82) is 0 Å². The first-order valence-corrected chi connectivity index (χ1v) is 6.26. The van der Waals surface area contributed by atoms with E-state index in [9.17, 15) is 15.0 Å². The summed E-state index contributed by atoms with van der Waals surface area (Å²) in [5.41, 5.74) is 0. The fourth-order valence-electron chi connectivity index (χ4n) is 1.74. The molecule has 3 rings (SSSR count). The number of aromatic hydroxyl groups is 2. The molecular weight excluding hydrogens is 264 g/mol. The molecule has 6 heteroatoms. The predicted octanol–water partition coefficient (Wildman–Crippen LogP) is 1.62. The van der Waals surface area contributed by atoms with Gasteiger partial charge in [-0.25, -0.2) is 4.79 Å². The average Bonchev–Trinajstić information content (AvgIpc) is 2.80. The van der Waals surface area contributed by atoms with Gasteiger partial charge >= 0.3 is 6.03 Å². The summed E-state index contributed by atoms with van der Waals surface area (Å²) < 4.78 is 0. The fourth-order valence-corrected chi connectivity index (χ4v) is 2.65. The molecule has 0 atom stereocenters. The SMILES string of the molecule is O=C1N=c2c(O)cc(Sc3ccccc3)c(O)c2=N1. The van der Waals surface area contributed by atoms with Crippen LogP contribution in [-0.4, -0.2) is 16.2 Å². The third-order valence-corrected chi connectivity index (χ3v) is 3.62. The summed E-state index contributed by atoms with van der Waals surface area (Å²) >= 11 is 1.27. The van der Waals surface area contributed by atoms with E-state index in [0.29, 0.717) is 4.90 Å². The number of fused-ring (bicyclic) bond motifs is 1. The molecular formula is C13H8N2O3S. The number of phenols is 2. The maximum absolute atomic E-state index is 11.1. The second-order valence-electron chi connectivity index (χ2n) is 3.86. The molecule has 0 spiro atoms. The van der Waals surface area contributed by atoms with E-state index in [4.69, 9.17) is 0 Å². The summed E-state index contributed by atoms with van der Waals surface area (Å²) in [6.45, 7) is 0. The molecule has 0 radical (unpaired) electrons. The van der Waals surface area contributed by atoms with Gasteiger partial charge in [-0.1, -0.05) is 30.0 Å². The number of carbonyl (C=O) groups excluding carboxylic acids is 1. The molecule has 0 fully saturated rings. The van der Waals surface area contributed by atoms with E-state index in [1.165, 1.54) is 17.8 Å². The van der Waals surface area contributed by atoms with Gasteiger partial charge in [-0.15, -0.1) is 0 Å². The lowest BCUT2D eigenvalue weighted by Gasteiger charge is -2.04. The first-order chi connectivity index (χ1) is 9.15. The van der Waals surface area contributed by atoms with Crippen molar-refractivity contribution in [2.24, 2.45) is 9.98 Å². The molecule has 1 aliphatic heterocycles.